The fourth-order valence-electron chi connectivity index (χ4n) is 5.37. The molecule has 2 aliphatic heterocycles. The highest BCUT2D eigenvalue weighted by Crippen LogP contribution is 2.38. The summed E-state index contributed by atoms with van der Waals surface area (Å²) >= 11 is 0. The van der Waals surface area contributed by atoms with Crippen LogP contribution in [0.1, 0.15) is 31.4 Å². The zero-order valence-corrected chi connectivity index (χ0v) is 19.3. The van der Waals surface area contributed by atoms with Gasteiger partial charge in [0, 0.05) is 73.8 Å². The molecule has 0 unspecified atom stereocenters. The van der Waals surface area contributed by atoms with Crippen molar-refractivity contribution in [2.45, 2.75) is 32.4 Å². The van der Waals surface area contributed by atoms with Crippen LogP contribution in [0.4, 0.5) is 0 Å². The van der Waals surface area contributed by atoms with Crippen LogP contribution < -0.4 is 5.32 Å². The summed E-state index contributed by atoms with van der Waals surface area (Å²) < 4.78 is 8.13. The van der Waals surface area contributed by atoms with Crippen LogP contribution in [0.25, 0.3) is 21.8 Å². The molecule has 2 aromatic carbocycles. The van der Waals surface area contributed by atoms with Gasteiger partial charge in [0.05, 0.1) is 0 Å². The first kappa shape index (κ1) is 23.4. The molecule has 1 atom stereocenters. The van der Waals surface area contributed by atoms with Crippen molar-refractivity contribution in [3.05, 3.63) is 48.0 Å². The minimum Gasteiger partial charge on any atom is -0.381 e. The Kier molecular flexibility index (Phi) is 8.05. The molecule has 164 valence electrons. The largest absolute Gasteiger partial charge is 0.381 e. The van der Waals surface area contributed by atoms with E-state index in [2.05, 4.69) is 64.2 Å². The van der Waals surface area contributed by atoms with E-state index in [1.807, 2.05) is 0 Å². The maximum Gasteiger partial charge on any atom is 0.0491 e. The Labute approximate surface area is 191 Å². The molecule has 0 amide bonds. The minimum atomic E-state index is 0. The topological polar surface area (TPSA) is 29.4 Å². The Balaban J connectivity index is 0.00000128. The molecule has 2 fully saturated rings. The zero-order chi connectivity index (χ0) is 18.9. The number of ether oxygens (including phenoxy) is 1. The summed E-state index contributed by atoms with van der Waals surface area (Å²) in [5.74, 6) is 0.684. The summed E-state index contributed by atoms with van der Waals surface area (Å²) in [6.45, 7) is 9.52. The minimum absolute atomic E-state index is 0. The van der Waals surface area contributed by atoms with E-state index in [-0.39, 0.29) is 24.8 Å². The van der Waals surface area contributed by atoms with E-state index in [1.165, 1.54) is 40.2 Å². The predicted molar refractivity (Wildman–Crippen MR) is 130 cm³/mol. The first-order valence-electron chi connectivity index (χ1n) is 10.9. The molecule has 0 radical (unpaired) electrons. The molecule has 2 aliphatic rings. The lowest BCUT2D eigenvalue weighted by molar-refractivity contribution is 0.0213. The summed E-state index contributed by atoms with van der Waals surface area (Å²) in [5.41, 5.74) is 4.20. The average Bonchev–Trinajstić information content (AvgIpc) is 3.09. The predicted octanol–water partition coefficient (Wildman–Crippen LogP) is 5.03. The molecule has 0 saturated carbocycles. The molecule has 5 rings (SSSR count). The first-order chi connectivity index (χ1) is 13.9. The van der Waals surface area contributed by atoms with Crippen molar-refractivity contribution in [1.82, 2.24) is 14.8 Å². The van der Waals surface area contributed by atoms with Crippen molar-refractivity contribution in [3.63, 3.8) is 0 Å². The number of hydrogen-bond acceptors (Lipinski definition) is 3. The molecule has 30 heavy (non-hydrogen) atoms. The number of aryl methyl sites for hydroxylation is 1. The standard InChI is InChI=1S/C24H31N3O.2ClH/c1-2-27-22-6-4-3-5-20(22)21-17-19(7-8-23(21)27)24(18-9-15-28-16-10-18)26-13-11-25-12-14-26;;/h3-8,17-18,24-25H,2,9-16H2,1H3;2*1H/t24-;;/m1../s1. The molecular formula is C24H33Cl2N3O. The van der Waals surface area contributed by atoms with Crippen LogP contribution in [-0.2, 0) is 11.3 Å². The first-order valence-corrected chi connectivity index (χ1v) is 10.9. The van der Waals surface area contributed by atoms with Crippen LogP contribution in [0.15, 0.2) is 42.5 Å². The molecule has 3 heterocycles. The monoisotopic (exact) mass is 449 g/mol. The highest BCUT2D eigenvalue weighted by atomic mass is 35.5. The normalized spacial score (nSPS) is 19.4. The zero-order valence-electron chi connectivity index (χ0n) is 17.7. The van der Waals surface area contributed by atoms with Gasteiger partial charge in [-0.1, -0.05) is 24.3 Å². The third-order valence-corrected chi connectivity index (χ3v) is 6.71. The Hall–Kier alpha value is -1.30. The Bertz CT molecular complexity index is 944. The number of nitrogens with zero attached hydrogens (tertiary/aromatic N) is 2. The molecule has 1 aromatic heterocycles. The number of piperazine rings is 1. The molecule has 4 nitrogen and oxygen atoms in total. The van der Waals surface area contributed by atoms with Gasteiger partial charge in [0.2, 0.25) is 0 Å². The van der Waals surface area contributed by atoms with Gasteiger partial charge >= 0.3 is 0 Å². The van der Waals surface area contributed by atoms with Crippen molar-refractivity contribution >= 4 is 46.6 Å². The second kappa shape index (κ2) is 10.3. The molecule has 6 heteroatoms. The van der Waals surface area contributed by atoms with Crippen molar-refractivity contribution < 1.29 is 4.74 Å². The summed E-state index contributed by atoms with van der Waals surface area (Å²) in [6.07, 6.45) is 2.34. The maximum atomic E-state index is 5.68. The maximum absolute atomic E-state index is 5.68. The van der Waals surface area contributed by atoms with E-state index in [0.29, 0.717) is 12.0 Å². The fraction of sp³-hybridized carbons (Fsp3) is 0.500. The number of halogens is 2. The van der Waals surface area contributed by atoms with Crippen molar-refractivity contribution in [3.8, 4) is 0 Å². The van der Waals surface area contributed by atoms with E-state index in [9.17, 15) is 0 Å². The van der Waals surface area contributed by atoms with Crippen molar-refractivity contribution in [2.75, 3.05) is 39.4 Å². The Morgan fingerprint density at radius 2 is 1.67 bits per heavy atom. The SMILES string of the molecule is CCn1c2ccccc2c2cc([C@@H](C3CCOCC3)N3CCNCC3)ccc21.Cl.Cl. The second-order valence-electron chi connectivity index (χ2n) is 8.22. The van der Waals surface area contributed by atoms with Crippen molar-refractivity contribution in [2.24, 2.45) is 5.92 Å². The molecule has 3 aromatic rings. The summed E-state index contributed by atoms with van der Waals surface area (Å²) in [5, 5.41) is 6.31. The lowest BCUT2D eigenvalue weighted by Crippen LogP contribution is -2.47. The number of para-hydroxylation sites is 1. The number of aromatic nitrogens is 1. The molecule has 2 saturated heterocycles. The number of nitrogens with one attached hydrogen (secondary N) is 1. The van der Waals surface area contributed by atoms with Gasteiger partial charge in [0.15, 0.2) is 0 Å². The van der Waals surface area contributed by atoms with Gasteiger partial charge < -0.3 is 14.6 Å². The molecule has 0 aliphatic carbocycles. The van der Waals surface area contributed by atoms with E-state index in [4.69, 9.17) is 4.74 Å². The Morgan fingerprint density at radius 3 is 2.40 bits per heavy atom. The third-order valence-electron chi connectivity index (χ3n) is 6.71. The quantitative estimate of drug-likeness (QED) is 0.605. The average molecular weight is 450 g/mol. The summed E-state index contributed by atoms with van der Waals surface area (Å²) in [7, 11) is 0. The molecule has 1 N–H and O–H groups in total. The van der Waals surface area contributed by atoms with Crippen LogP contribution in [0.3, 0.4) is 0 Å². The fourth-order valence-corrected chi connectivity index (χ4v) is 5.37. The van der Waals surface area contributed by atoms with Gasteiger partial charge in [-0.05, 0) is 49.4 Å². The van der Waals surface area contributed by atoms with Crippen molar-refractivity contribution in [1.29, 1.82) is 0 Å². The summed E-state index contributed by atoms with van der Waals surface area (Å²) in [6, 6.07) is 16.6. The smallest absolute Gasteiger partial charge is 0.0491 e. The van der Waals surface area contributed by atoms with Gasteiger partial charge in [0.1, 0.15) is 0 Å². The van der Waals surface area contributed by atoms with Gasteiger partial charge in [-0.15, -0.1) is 24.8 Å². The summed E-state index contributed by atoms with van der Waals surface area (Å²) in [4.78, 5) is 2.71. The highest BCUT2D eigenvalue weighted by Gasteiger charge is 2.31. The van der Waals surface area contributed by atoms with Gasteiger partial charge in [-0.25, -0.2) is 0 Å². The van der Waals surface area contributed by atoms with Gasteiger partial charge in [-0.2, -0.15) is 0 Å². The van der Waals surface area contributed by atoms with Crippen LogP contribution >= 0.6 is 24.8 Å². The molecule has 0 bridgehead atoms. The second-order valence-corrected chi connectivity index (χ2v) is 8.22. The van der Waals surface area contributed by atoms with E-state index in [1.54, 1.807) is 0 Å². The van der Waals surface area contributed by atoms with Crippen LogP contribution in [-0.4, -0.2) is 48.9 Å². The Morgan fingerprint density at radius 1 is 0.967 bits per heavy atom. The van der Waals surface area contributed by atoms with Crippen LogP contribution in [0, 0.1) is 5.92 Å². The van der Waals surface area contributed by atoms with Crippen LogP contribution in [0.2, 0.25) is 0 Å². The highest BCUT2D eigenvalue weighted by molar-refractivity contribution is 6.08. The van der Waals surface area contributed by atoms with Gasteiger partial charge in [-0.3, -0.25) is 4.90 Å². The van der Waals surface area contributed by atoms with E-state index < -0.39 is 0 Å². The van der Waals surface area contributed by atoms with E-state index >= 15 is 0 Å². The van der Waals surface area contributed by atoms with E-state index in [0.717, 1.165) is 45.9 Å². The third kappa shape index (κ3) is 4.21. The lowest BCUT2D eigenvalue weighted by atomic mass is 9.85. The molecule has 0 spiro atoms. The lowest BCUT2D eigenvalue weighted by Gasteiger charge is -2.41. The number of rotatable bonds is 4. The number of fused-ring (bicyclic) bond motifs is 3. The van der Waals surface area contributed by atoms with Crippen LogP contribution in [0.5, 0.6) is 0 Å². The molecular weight excluding hydrogens is 417 g/mol. The number of hydrogen-bond donors (Lipinski definition) is 1. The van der Waals surface area contributed by atoms with Gasteiger partial charge in [0.25, 0.3) is 0 Å². The number of benzene rings is 2.